The molecule has 114 valence electrons. The molecule has 1 aromatic rings. The number of nitrogens with one attached hydrogen (secondary N) is 1. The second kappa shape index (κ2) is 9.66. The van der Waals surface area contributed by atoms with E-state index in [1.807, 2.05) is 0 Å². The molecule has 0 amide bonds. The Labute approximate surface area is 119 Å². The number of hydrogen-bond acceptors (Lipinski definition) is 3. The van der Waals surface area contributed by atoms with Gasteiger partial charge in [0.05, 0.1) is 18.4 Å². The average molecular weight is 287 g/mol. The number of hydrogen-bond donors (Lipinski definition) is 2. The summed E-state index contributed by atoms with van der Waals surface area (Å²) in [6.45, 7) is 3.07. The van der Waals surface area contributed by atoms with E-state index in [1.54, 1.807) is 0 Å². The highest BCUT2D eigenvalue weighted by Crippen LogP contribution is 2.15. The van der Waals surface area contributed by atoms with Gasteiger partial charge in [-0.25, -0.2) is 8.78 Å². The molecular formula is C15H23F2NO2. The predicted octanol–water partition coefficient (Wildman–Crippen LogP) is 3.33. The maximum Gasteiger partial charge on any atom is 0.146 e. The van der Waals surface area contributed by atoms with Gasteiger partial charge in [-0.1, -0.05) is 26.2 Å². The van der Waals surface area contributed by atoms with Gasteiger partial charge >= 0.3 is 0 Å². The maximum absolute atomic E-state index is 13.3. The van der Waals surface area contributed by atoms with Crippen molar-refractivity contribution in [2.45, 2.75) is 38.7 Å². The number of halogens is 2. The fourth-order valence-corrected chi connectivity index (χ4v) is 1.77. The fourth-order valence-electron chi connectivity index (χ4n) is 1.77. The van der Waals surface area contributed by atoms with E-state index in [-0.39, 0.29) is 18.8 Å². The first-order chi connectivity index (χ1) is 9.63. The first-order valence-electron chi connectivity index (χ1n) is 7.08. The van der Waals surface area contributed by atoms with E-state index in [0.717, 1.165) is 31.0 Å². The van der Waals surface area contributed by atoms with Crippen LogP contribution >= 0.6 is 0 Å². The summed E-state index contributed by atoms with van der Waals surface area (Å²) in [5.41, 5.74) is 0.0481. The lowest BCUT2D eigenvalue weighted by Gasteiger charge is -2.13. The van der Waals surface area contributed by atoms with E-state index >= 15 is 0 Å². The topological polar surface area (TPSA) is 41.5 Å². The second-order valence-electron chi connectivity index (χ2n) is 4.79. The summed E-state index contributed by atoms with van der Waals surface area (Å²) in [7, 11) is 0. The van der Waals surface area contributed by atoms with Gasteiger partial charge in [-0.3, -0.25) is 0 Å². The Bertz CT molecular complexity index is 388. The summed E-state index contributed by atoms with van der Waals surface area (Å²) in [5, 5.41) is 12.3. The number of aliphatic hydroxyl groups excluding tert-OH is 1. The SMILES string of the molecule is CCCCCCOCC(O)CNc1cc(F)ccc1F. The average Bonchev–Trinajstić information content (AvgIpc) is 2.43. The van der Waals surface area contributed by atoms with Crippen molar-refractivity contribution in [3.63, 3.8) is 0 Å². The van der Waals surface area contributed by atoms with E-state index in [4.69, 9.17) is 4.74 Å². The Morgan fingerprint density at radius 3 is 2.80 bits per heavy atom. The molecule has 0 aliphatic heterocycles. The summed E-state index contributed by atoms with van der Waals surface area (Å²) >= 11 is 0. The maximum atomic E-state index is 13.3. The van der Waals surface area contributed by atoms with Gasteiger partial charge in [-0.15, -0.1) is 0 Å². The molecule has 20 heavy (non-hydrogen) atoms. The molecular weight excluding hydrogens is 264 g/mol. The molecule has 3 nitrogen and oxygen atoms in total. The zero-order valence-corrected chi connectivity index (χ0v) is 11.9. The van der Waals surface area contributed by atoms with Gasteiger partial charge in [0.2, 0.25) is 0 Å². The van der Waals surface area contributed by atoms with Crippen molar-refractivity contribution in [2.75, 3.05) is 25.1 Å². The monoisotopic (exact) mass is 287 g/mol. The third kappa shape index (κ3) is 6.82. The summed E-state index contributed by atoms with van der Waals surface area (Å²) in [4.78, 5) is 0. The van der Waals surface area contributed by atoms with Gasteiger partial charge in [-0.2, -0.15) is 0 Å². The second-order valence-corrected chi connectivity index (χ2v) is 4.79. The van der Waals surface area contributed by atoms with Gasteiger partial charge in [0, 0.05) is 13.2 Å². The van der Waals surface area contributed by atoms with E-state index in [2.05, 4.69) is 12.2 Å². The van der Waals surface area contributed by atoms with Crippen molar-refractivity contribution in [3.8, 4) is 0 Å². The number of benzene rings is 1. The molecule has 5 heteroatoms. The van der Waals surface area contributed by atoms with Crippen molar-refractivity contribution in [1.82, 2.24) is 0 Å². The van der Waals surface area contributed by atoms with Crippen LogP contribution in [0.4, 0.5) is 14.5 Å². The molecule has 1 aromatic carbocycles. The largest absolute Gasteiger partial charge is 0.389 e. The van der Waals surface area contributed by atoms with Crippen LogP contribution < -0.4 is 5.32 Å². The van der Waals surface area contributed by atoms with E-state index in [0.29, 0.717) is 6.61 Å². The molecule has 0 saturated heterocycles. The molecule has 0 heterocycles. The quantitative estimate of drug-likeness (QED) is 0.649. The van der Waals surface area contributed by atoms with Crippen molar-refractivity contribution in [1.29, 1.82) is 0 Å². The highest BCUT2D eigenvalue weighted by Gasteiger charge is 2.07. The van der Waals surface area contributed by atoms with Crippen LogP contribution in [-0.2, 0) is 4.74 Å². The molecule has 0 aromatic heterocycles. The minimum atomic E-state index is -0.746. The first kappa shape index (κ1) is 16.9. The molecule has 0 aliphatic rings. The summed E-state index contributed by atoms with van der Waals surface area (Å²) < 4.78 is 31.6. The standard InChI is InChI=1S/C15H23F2NO2/c1-2-3-4-5-8-20-11-13(19)10-18-15-9-12(16)6-7-14(15)17/h6-7,9,13,18-19H,2-5,8,10-11H2,1H3. The number of rotatable bonds is 10. The zero-order valence-electron chi connectivity index (χ0n) is 11.9. The van der Waals surface area contributed by atoms with Gasteiger partial charge in [0.1, 0.15) is 11.6 Å². The molecule has 2 N–H and O–H groups in total. The van der Waals surface area contributed by atoms with Gasteiger partial charge in [0.25, 0.3) is 0 Å². The third-order valence-corrected chi connectivity index (χ3v) is 2.91. The Morgan fingerprint density at radius 1 is 1.25 bits per heavy atom. The summed E-state index contributed by atoms with van der Waals surface area (Å²) in [5.74, 6) is -1.06. The number of unbranched alkanes of at least 4 members (excludes halogenated alkanes) is 3. The van der Waals surface area contributed by atoms with Crippen LogP contribution in [0, 0.1) is 11.6 Å². The Balaban J connectivity index is 2.16. The number of ether oxygens (including phenoxy) is 1. The lowest BCUT2D eigenvalue weighted by molar-refractivity contribution is 0.0416. The summed E-state index contributed by atoms with van der Waals surface area (Å²) in [6, 6.07) is 3.16. The zero-order chi connectivity index (χ0) is 14.8. The van der Waals surface area contributed by atoms with Crippen LogP contribution in [0.2, 0.25) is 0 Å². The lowest BCUT2D eigenvalue weighted by Crippen LogP contribution is -2.25. The minimum absolute atomic E-state index is 0.0481. The normalized spacial score (nSPS) is 12.4. The van der Waals surface area contributed by atoms with Crippen LogP contribution in [0.5, 0.6) is 0 Å². The van der Waals surface area contributed by atoms with Crippen molar-refractivity contribution in [2.24, 2.45) is 0 Å². The van der Waals surface area contributed by atoms with Gasteiger partial charge in [-0.05, 0) is 24.6 Å². The van der Waals surface area contributed by atoms with Crippen LogP contribution in [0.15, 0.2) is 18.2 Å². The molecule has 1 atom stereocenters. The Hall–Kier alpha value is -1.20. The highest BCUT2D eigenvalue weighted by molar-refractivity contribution is 5.44. The van der Waals surface area contributed by atoms with Gasteiger partial charge in [0.15, 0.2) is 0 Å². The van der Waals surface area contributed by atoms with Crippen molar-refractivity contribution in [3.05, 3.63) is 29.8 Å². The first-order valence-corrected chi connectivity index (χ1v) is 7.08. The molecule has 0 bridgehead atoms. The smallest absolute Gasteiger partial charge is 0.146 e. The molecule has 0 fully saturated rings. The molecule has 0 spiro atoms. The molecule has 1 unspecified atom stereocenters. The highest BCUT2D eigenvalue weighted by atomic mass is 19.1. The molecule has 0 radical (unpaired) electrons. The van der Waals surface area contributed by atoms with Crippen LogP contribution in [0.1, 0.15) is 32.6 Å². The fraction of sp³-hybridized carbons (Fsp3) is 0.600. The number of anilines is 1. The van der Waals surface area contributed by atoms with E-state index in [1.165, 1.54) is 12.8 Å². The summed E-state index contributed by atoms with van der Waals surface area (Å²) in [6.07, 6.45) is 3.72. The third-order valence-electron chi connectivity index (χ3n) is 2.91. The minimum Gasteiger partial charge on any atom is -0.389 e. The Morgan fingerprint density at radius 2 is 2.05 bits per heavy atom. The number of aliphatic hydroxyl groups is 1. The van der Waals surface area contributed by atoms with Crippen molar-refractivity contribution < 1.29 is 18.6 Å². The molecule has 1 rings (SSSR count). The lowest BCUT2D eigenvalue weighted by atomic mass is 10.2. The van der Waals surface area contributed by atoms with Gasteiger partial charge < -0.3 is 15.2 Å². The predicted molar refractivity (Wildman–Crippen MR) is 75.8 cm³/mol. The van der Waals surface area contributed by atoms with Crippen LogP contribution in [-0.4, -0.2) is 31.0 Å². The van der Waals surface area contributed by atoms with Crippen LogP contribution in [0.25, 0.3) is 0 Å². The van der Waals surface area contributed by atoms with Crippen LogP contribution in [0.3, 0.4) is 0 Å². The Kier molecular flexibility index (Phi) is 8.14. The van der Waals surface area contributed by atoms with E-state index in [9.17, 15) is 13.9 Å². The van der Waals surface area contributed by atoms with E-state index < -0.39 is 17.7 Å². The molecule has 0 aliphatic carbocycles. The van der Waals surface area contributed by atoms with Crippen molar-refractivity contribution >= 4 is 5.69 Å². The molecule has 0 saturated carbocycles.